The normalized spacial score (nSPS) is 13.7. The minimum atomic E-state index is -4.32. The molecule has 0 saturated carbocycles. The van der Waals surface area contributed by atoms with Crippen LogP contribution < -0.4 is 5.32 Å². The van der Waals surface area contributed by atoms with E-state index in [4.69, 9.17) is 18.5 Å². The summed E-state index contributed by atoms with van der Waals surface area (Å²) in [5.41, 5.74) is 0. The van der Waals surface area contributed by atoms with Gasteiger partial charge in [-0.25, -0.2) is 4.57 Å². The molecule has 0 aromatic heterocycles. The molecule has 0 aliphatic rings. The predicted octanol–water partition coefficient (Wildman–Crippen LogP) is 6.86. The van der Waals surface area contributed by atoms with Gasteiger partial charge in [-0.05, 0) is 19.9 Å². The first kappa shape index (κ1) is 37.0. The van der Waals surface area contributed by atoms with Crippen molar-refractivity contribution in [3.05, 3.63) is 0 Å². The standard InChI is InChI=1S/C28H56NO8P/c1-4-6-8-10-12-14-16-18-20-27(30)34-24-26(25-36-38(32,33)35-23-22-29-3)37-28(31)21-19-17-15-13-11-9-7-5-2/h26,29H,4-25H2,1-3H3,(H,32,33). The van der Waals surface area contributed by atoms with Crippen LogP contribution in [0.3, 0.4) is 0 Å². The number of carbonyl (C=O) groups excluding carboxylic acids is 2. The Morgan fingerprint density at radius 1 is 0.711 bits per heavy atom. The van der Waals surface area contributed by atoms with E-state index in [2.05, 4.69) is 19.2 Å². The van der Waals surface area contributed by atoms with Gasteiger partial charge < -0.3 is 19.7 Å². The topological polar surface area (TPSA) is 120 Å². The first-order chi connectivity index (χ1) is 18.3. The summed E-state index contributed by atoms with van der Waals surface area (Å²) in [6.07, 6.45) is 17.4. The Balaban J connectivity index is 4.42. The summed E-state index contributed by atoms with van der Waals surface area (Å²) < 4.78 is 32.7. The highest BCUT2D eigenvalue weighted by Crippen LogP contribution is 2.43. The van der Waals surface area contributed by atoms with E-state index < -0.39 is 26.5 Å². The Kier molecular flexibility index (Phi) is 25.6. The average molecular weight is 566 g/mol. The highest BCUT2D eigenvalue weighted by Gasteiger charge is 2.26. The second-order valence-corrected chi connectivity index (χ2v) is 11.4. The molecule has 0 amide bonds. The van der Waals surface area contributed by atoms with Crippen LogP contribution >= 0.6 is 7.82 Å². The molecular weight excluding hydrogens is 509 g/mol. The lowest BCUT2D eigenvalue weighted by Crippen LogP contribution is -2.29. The molecule has 10 heteroatoms. The fourth-order valence-electron chi connectivity index (χ4n) is 3.90. The van der Waals surface area contributed by atoms with Gasteiger partial charge in [-0.15, -0.1) is 0 Å². The van der Waals surface area contributed by atoms with Crippen molar-refractivity contribution in [2.24, 2.45) is 0 Å². The van der Waals surface area contributed by atoms with Gasteiger partial charge in [0, 0.05) is 19.4 Å². The highest BCUT2D eigenvalue weighted by molar-refractivity contribution is 7.47. The number of phosphoric ester groups is 1. The van der Waals surface area contributed by atoms with Crippen molar-refractivity contribution in [1.82, 2.24) is 5.32 Å². The Labute approximate surface area is 231 Å². The Morgan fingerprint density at radius 2 is 1.18 bits per heavy atom. The second-order valence-electron chi connectivity index (χ2n) is 9.95. The summed E-state index contributed by atoms with van der Waals surface area (Å²) in [7, 11) is -2.63. The van der Waals surface area contributed by atoms with Crippen LogP contribution in [0.25, 0.3) is 0 Å². The zero-order valence-corrected chi connectivity index (χ0v) is 25.3. The third-order valence-electron chi connectivity index (χ3n) is 6.23. The molecule has 0 rings (SSSR count). The molecule has 226 valence electrons. The summed E-state index contributed by atoms with van der Waals surface area (Å²) in [5, 5.41) is 2.80. The molecular formula is C28H56NO8P. The fourth-order valence-corrected chi connectivity index (χ4v) is 4.65. The van der Waals surface area contributed by atoms with Crippen LogP contribution in [0, 0.1) is 0 Å². The Morgan fingerprint density at radius 3 is 1.68 bits per heavy atom. The molecule has 0 heterocycles. The SMILES string of the molecule is CCCCCCCCCCC(=O)OCC(COP(=O)(O)OCCNC)OC(=O)CCCCCCCCCC. The third kappa shape index (κ3) is 25.3. The molecule has 0 aliphatic heterocycles. The number of likely N-dealkylation sites (N-methyl/N-ethyl adjacent to an activating group) is 1. The van der Waals surface area contributed by atoms with E-state index in [1.165, 1.54) is 64.2 Å². The van der Waals surface area contributed by atoms with Crippen LogP contribution in [0.2, 0.25) is 0 Å². The highest BCUT2D eigenvalue weighted by atomic mass is 31.2. The van der Waals surface area contributed by atoms with Crippen LogP contribution in [0.4, 0.5) is 0 Å². The Hall–Kier alpha value is -0.990. The number of esters is 2. The second kappa shape index (κ2) is 26.2. The minimum Gasteiger partial charge on any atom is -0.462 e. The zero-order chi connectivity index (χ0) is 28.3. The van der Waals surface area contributed by atoms with E-state index in [0.29, 0.717) is 19.4 Å². The number of unbranched alkanes of at least 4 members (excludes halogenated alkanes) is 14. The predicted molar refractivity (Wildman–Crippen MR) is 151 cm³/mol. The number of ether oxygens (including phenoxy) is 2. The van der Waals surface area contributed by atoms with Crippen LogP contribution in [0.15, 0.2) is 0 Å². The van der Waals surface area contributed by atoms with Crippen molar-refractivity contribution in [3.63, 3.8) is 0 Å². The first-order valence-electron chi connectivity index (χ1n) is 15.0. The summed E-state index contributed by atoms with van der Waals surface area (Å²) >= 11 is 0. The minimum absolute atomic E-state index is 0.0131. The molecule has 2 N–H and O–H groups in total. The van der Waals surface area contributed by atoms with Crippen LogP contribution in [0.1, 0.15) is 129 Å². The first-order valence-corrected chi connectivity index (χ1v) is 16.5. The molecule has 0 aromatic rings. The molecule has 2 unspecified atom stereocenters. The number of phosphoric acid groups is 1. The van der Waals surface area contributed by atoms with Crippen LogP contribution in [-0.4, -0.2) is 56.3 Å². The summed E-state index contributed by atoms with van der Waals surface area (Å²) in [4.78, 5) is 34.4. The lowest BCUT2D eigenvalue weighted by Gasteiger charge is -2.20. The van der Waals surface area contributed by atoms with Crippen molar-refractivity contribution < 1.29 is 37.6 Å². The van der Waals surface area contributed by atoms with Crippen molar-refractivity contribution >= 4 is 19.8 Å². The largest absolute Gasteiger partial charge is 0.472 e. The third-order valence-corrected chi connectivity index (χ3v) is 7.21. The van der Waals surface area contributed by atoms with Crippen molar-refractivity contribution in [2.45, 2.75) is 136 Å². The van der Waals surface area contributed by atoms with Gasteiger partial charge in [-0.3, -0.25) is 18.6 Å². The molecule has 0 saturated heterocycles. The summed E-state index contributed by atoms with van der Waals surface area (Å²) in [6, 6.07) is 0. The summed E-state index contributed by atoms with van der Waals surface area (Å²) in [5.74, 6) is -0.815. The van der Waals surface area contributed by atoms with Crippen molar-refractivity contribution in [2.75, 3.05) is 33.4 Å². The van der Waals surface area contributed by atoms with E-state index >= 15 is 0 Å². The number of carbonyl (C=O) groups is 2. The van der Waals surface area contributed by atoms with Gasteiger partial charge in [-0.1, -0.05) is 104 Å². The van der Waals surface area contributed by atoms with E-state index in [0.717, 1.165) is 32.1 Å². The maximum atomic E-state index is 12.4. The number of rotatable bonds is 28. The van der Waals surface area contributed by atoms with Crippen LogP contribution in [0.5, 0.6) is 0 Å². The van der Waals surface area contributed by atoms with Crippen molar-refractivity contribution in [3.8, 4) is 0 Å². The molecule has 0 aliphatic carbocycles. The van der Waals surface area contributed by atoms with Gasteiger partial charge in [0.25, 0.3) is 0 Å². The maximum Gasteiger partial charge on any atom is 0.472 e. The Bertz CT molecular complexity index is 620. The monoisotopic (exact) mass is 565 g/mol. The zero-order valence-electron chi connectivity index (χ0n) is 24.4. The molecule has 9 nitrogen and oxygen atoms in total. The van der Waals surface area contributed by atoms with Gasteiger partial charge >= 0.3 is 19.8 Å². The average Bonchev–Trinajstić information content (AvgIpc) is 2.89. The van der Waals surface area contributed by atoms with Gasteiger partial charge in [0.05, 0.1) is 13.2 Å². The number of hydrogen-bond donors (Lipinski definition) is 2. The smallest absolute Gasteiger partial charge is 0.462 e. The van der Waals surface area contributed by atoms with E-state index in [1.54, 1.807) is 7.05 Å². The van der Waals surface area contributed by atoms with Gasteiger partial charge in [0.2, 0.25) is 0 Å². The van der Waals surface area contributed by atoms with E-state index in [1.807, 2.05) is 0 Å². The van der Waals surface area contributed by atoms with Gasteiger partial charge in [0.15, 0.2) is 6.10 Å². The molecule has 0 radical (unpaired) electrons. The van der Waals surface area contributed by atoms with E-state index in [9.17, 15) is 19.0 Å². The molecule has 0 bridgehead atoms. The lowest BCUT2D eigenvalue weighted by atomic mass is 10.1. The van der Waals surface area contributed by atoms with Gasteiger partial charge in [0.1, 0.15) is 6.61 Å². The molecule has 38 heavy (non-hydrogen) atoms. The lowest BCUT2D eigenvalue weighted by molar-refractivity contribution is -0.161. The molecule has 0 aromatic carbocycles. The quantitative estimate of drug-likeness (QED) is 0.0595. The summed E-state index contributed by atoms with van der Waals surface area (Å²) in [6.45, 7) is 4.12. The number of hydrogen-bond acceptors (Lipinski definition) is 8. The molecule has 0 spiro atoms. The maximum absolute atomic E-state index is 12.4. The van der Waals surface area contributed by atoms with Crippen molar-refractivity contribution in [1.29, 1.82) is 0 Å². The molecule has 0 fully saturated rings. The van der Waals surface area contributed by atoms with E-state index in [-0.39, 0.29) is 25.6 Å². The number of nitrogens with one attached hydrogen (secondary N) is 1. The van der Waals surface area contributed by atoms with Gasteiger partial charge in [-0.2, -0.15) is 0 Å². The van der Waals surface area contributed by atoms with Crippen LogP contribution in [-0.2, 0) is 32.7 Å². The fraction of sp³-hybridized carbons (Fsp3) is 0.929. The molecule has 2 atom stereocenters.